The van der Waals surface area contributed by atoms with Crippen LogP contribution in [0.1, 0.15) is 11.0 Å². The van der Waals surface area contributed by atoms with Crippen molar-refractivity contribution >= 4 is 60.5 Å². The van der Waals surface area contributed by atoms with Gasteiger partial charge in [-0.1, -0.05) is 152 Å². The zero-order valence-corrected chi connectivity index (χ0v) is 27.8. The van der Waals surface area contributed by atoms with Crippen LogP contribution in [0.4, 0.5) is 17.1 Å². The standard InChI is InChI=1S/C50H33NO/c1-3-14-42-34(10-1)12-7-17-44(42)36-22-28-39(29-23-36)51(40-30-24-37(25-31-40)45-18-8-13-35-11-2-4-15-43(35)45)41-32-26-38(27-33-41)46-19-9-21-49-50(46)47-16-5-6-20-48(47)52-49/h1-33H/i22D,23D,24D,25D,28D,29D,30D,31D. The van der Waals surface area contributed by atoms with Crippen molar-refractivity contribution in [3.8, 4) is 33.4 Å². The van der Waals surface area contributed by atoms with E-state index in [9.17, 15) is 11.0 Å². The molecular formula is C50H33NO. The Balaban J connectivity index is 1.22. The monoisotopic (exact) mass is 671 g/mol. The highest BCUT2D eigenvalue weighted by atomic mass is 16.3. The highest BCUT2D eigenvalue weighted by Crippen LogP contribution is 2.41. The van der Waals surface area contributed by atoms with Crippen LogP contribution in [0.2, 0.25) is 0 Å². The van der Waals surface area contributed by atoms with Crippen LogP contribution < -0.4 is 4.90 Å². The Morgan fingerprint density at radius 2 is 0.808 bits per heavy atom. The van der Waals surface area contributed by atoms with E-state index in [1.165, 1.54) is 4.90 Å². The topological polar surface area (TPSA) is 16.4 Å². The molecule has 0 aliphatic rings. The predicted molar refractivity (Wildman–Crippen MR) is 220 cm³/mol. The first kappa shape index (κ1) is 22.7. The van der Waals surface area contributed by atoms with E-state index in [2.05, 4.69) is 0 Å². The fraction of sp³-hybridized carbons (Fsp3) is 0. The van der Waals surface area contributed by atoms with Gasteiger partial charge in [0.05, 0.1) is 11.0 Å². The van der Waals surface area contributed by atoms with Crippen LogP contribution in [-0.4, -0.2) is 0 Å². The van der Waals surface area contributed by atoms with Crippen molar-refractivity contribution in [3.63, 3.8) is 0 Å². The quantitative estimate of drug-likeness (QED) is 0.175. The maximum Gasteiger partial charge on any atom is 0.136 e. The van der Waals surface area contributed by atoms with E-state index in [1.807, 2.05) is 127 Å². The lowest BCUT2D eigenvalue weighted by Gasteiger charge is -2.26. The van der Waals surface area contributed by atoms with Crippen molar-refractivity contribution in [1.29, 1.82) is 0 Å². The van der Waals surface area contributed by atoms with E-state index in [4.69, 9.17) is 4.42 Å². The van der Waals surface area contributed by atoms with Gasteiger partial charge < -0.3 is 9.32 Å². The minimum Gasteiger partial charge on any atom is -0.456 e. The molecule has 0 unspecified atom stereocenters. The number of hydrogen-bond acceptors (Lipinski definition) is 2. The second-order valence-corrected chi connectivity index (χ2v) is 12.7. The third-order valence-electron chi connectivity index (χ3n) is 9.63. The highest BCUT2D eigenvalue weighted by Gasteiger charge is 2.16. The van der Waals surface area contributed by atoms with Gasteiger partial charge in [-0.15, -0.1) is 0 Å². The van der Waals surface area contributed by atoms with Crippen LogP contribution in [-0.2, 0) is 0 Å². The molecule has 10 aromatic rings. The molecule has 0 aliphatic heterocycles. The zero-order chi connectivity index (χ0) is 41.4. The second kappa shape index (κ2) is 12.5. The summed E-state index contributed by atoms with van der Waals surface area (Å²) in [7, 11) is 0. The molecule has 0 N–H and O–H groups in total. The summed E-state index contributed by atoms with van der Waals surface area (Å²) in [6.07, 6.45) is 0. The highest BCUT2D eigenvalue weighted by molar-refractivity contribution is 6.12. The van der Waals surface area contributed by atoms with Gasteiger partial charge >= 0.3 is 0 Å². The van der Waals surface area contributed by atoms with E-state index in [0.717, 1.165) is 54.6 Å². The van der Waals surface area contributed by atoms with Gasteiger partial charge in [-0.05, 0) is 103 Å². The van der Waals surface area contributed by atoms with Crippen molar-refractivity contribution in [1.82, 2.24) is 0 Å². The third kappa shape index (κ3) is 5.12. The number of nitrogens with zero attached hydrogens (tertiary/aromatic N) is 1. The largest absolute Gasteiger partial charge is 0.456 e. The second-order valence-electron chi connectivity index (χ2n) is 12.7. The molecule has 0 saturated carbocycles. The summed E-state index contributed by atoms with van der Waals surface area (Å²) < 4.78 is 81.9. The van der Waals surface area contributed by atoms with E-state index >= 15 is 0 Å². The Labute approximate surface area is 313 Å². The smallest absolute Gasteiger partial charge is 0.136 e. The Morgan fingerprint density at radius 1 is 0.346 bits per heavy atom. The minimum atomic E-state index is -0.396. The molecule has 52 heavy (non-hydrogen) atoms. The number of anilines is 3. The Bertz CT molecular complexity index is 3160. The molecule has 10 rings (SSSR count). The first-order chi connectivity index (χ1) is 29.1. The average Bonchev–Trinajstić information content (AvgIpc) is 3.67. The Kier molecular flexibility index (Phi) is 5.45. The summed E-state index contributed by atoms with van der Waals surface area (Å²) in [5.41, 5.74) is 4.44. The molecule has 0 aliphatic carbocycles. The van der Waals surface area contributed by atoms with Crippen molar-refractivity contribution in [2.75, 3.05) is 4.90 Å². The fourth-order valence-electron chi connectivity index (χ4n) is 7.17. The number of fused-ring (bicyclic) bond motifs is 5. The molecule has 0 radical (unpaired) electrons. The lowest BCUT2D eigenvalue weighted by molar-refractivity contribution is 0.669. The summed E-state index contributed by atoms with van der Waals surface area (Å²) in [5, 5.41) is 5.19. The number of furan rings is 1. The normalized spacial score (nSPS) is 13.6. The van der Waals surface area contributed by atoms with Gasteiger partial charge in [0.25, 0.3) is 0 Å². The summed E-state index contributed by atoms with van der Waals surface area (Å²) >= 11 is 0. The van der Waals surface area contributed by atoms with E-state index in [1.54, 1.807) is 24.3 Å². The Hall–Kier alpha value is -6.90. The molecule has 0 amide bonds. The van der Waals surface area contributed by atoms with Gasteiger partial charge in [0.2, 0.25) is 0 Å². The van der Waals surface area contributed by atoms with Crippen molar-refractivity contribution in [2.45, 2.75) is 0 Å². The maximum absolute atomic E-state index is 9.54. The SMILES string of the molecule is [2H]c1c([2H])c(N(c2ccc(-c3cccc4oc5ccccc5c34)cc2)c2c([2H])c([2H])c(-c3cccc4ccccc34)c([2H])c2[2H])c([2H])c([2H])c1-c1cccc2ccccc12. The summed E-state index contributed by atoms with van der Waals surface area (Å²) in [6, 6.07) is 44.3. The number of hydrogen-bond donors (Lipinski definition) is 0. The van der Waals surface area contributed by atoms with Gasteiger partial charge in [0.15, 0.2) is 0 Å². The van der Waals surface area contributed by atoms with Crippen LogP contribution in [0, 0.1) is 0 Å². The average molecular weight is 672 g/mol. The molecule has 2 heteroatoms. The molecule has 0 atom stereocenters. The van der Waals surface area contributed by atoms with Crippen LogP contribution in [0.3, 0.4) is 0 Å². The third-order valence-corrected chi connectivity index (χ3v) is 9.63. The number of benzene rings is 9. The molecule has 1 aromatic heterocycles. The van der Waals surface area contributed by atoms with Gasteiger partial charge in [-0.25, -0.2) is 0 Å². The van der Waals surface area contributed by atoms with E-state index < -0.39 is 24.2 Å². The van der Waals surface area contributed by atoms with Crippen LogP contribution >= 0.6 is 0 Å². The molecular weight excluding hydrogens is 631 g/mol. The van der Waals surface area contributed by atoms with Crippen LogP contribution in [0.25, 0.3) is 76.9 Å². The van der Waals surface area contributed by atoms with Gasteiger partial charge in [-0.2, -0.15) is 0 Å². The lowest BCUT2D eigenvalue weighted by atomic mass is 9.97. The fourth-order valence-corrected chi connectivity index (χ4v) is 7.17. The Morgan fingerprint density at radius 3 is 1.40 bits per heavy atom. The molecule has 0 bridgehead atoms. The van der Waals surface area contributed by atoms with Crippen molar-refractivity contribution < 1.29 is 15.4 Å². The number of rotatable bonds is 6. The summed E-state index contributed by atoms with van der Waals surface area (Å²) in [6.45, 7) is 0. The van der Waals surface area contributed by atoms with E-state index in [0.29, 0.717) is 16.8 Å². The van der Waals surface area contributed by atoms with E-state index in [-0.39, 0.29) is 46.7 Å². The summed E-state index contributed by atoms with van der Waals surface area (Å²) in [5.74, 6) is 0. The first-order valence-electron chi connectivity index (χ1n) is 21.1. The lowest BCUT2D eigenvalue weighted by Crippen LogP contribution is -2.09. The summed E-state index contributed by atoms with van der Waals surface area (Å²) in [4.78, 5) is 1.35. The minimum absolute atomic E-state index is 0.118. The molecule has 244 valence electrons. The van der Waals surface area contributed by atoms with Crippen molar-refractivity contribution in [2.24, 2.45) is 0 Å². The van der Waals surface area contributed by atoms with Crippen LogP contribution in [0.15, 0.2) is 204 Å². The van der Waals surface area contributed by atoms with Crippen molar-refractivity contribution in [3.05, 3.63) is 200 Å². The van der Waals surface area contributed by atoms with Gasteiger partial charge in [0.1, 0.15) is 11.2 Å². The molecule has 0 spiro atoms. The maximum atomic E-state index is 9.54. The van der Waals surface area contributed by atoms with Gasteiger partial charge in [-0.3, -0.25) is 0 Å². The van der Waals surface area contributed by atoms with Crippen LogP contribution in [0.5, 0.6) is 0 Å². The first-order valence-corrected chi connectivity index (χ1v) is 17.1. The molecule has 0 fully saturated rings. The number of para-hydroxylation sites is 1. The molecule has 2 nitrogen and oxygen atoms in total. The predicted octanol–water partition coefficient (Wildman–Crippen LogP) is 14.4. The molecule has 9 aromatic carbocycles. The zero-order valence-electron chi connectivity index (χ0n) is 35.8. The van der Waals surface area contributed by atoms with Gasteiger partial charge in [0, 0.05) is 27.8 Å². The molecule has 0 saturated heterocycles. The molecule has 1 heterocycles.